The summed E-state index contributed by atoms with van der Waals surface area (Å²) < 4.78 is 139. The number of unbranched alkanes of at least 4 members (excludes halogenated alkanes) is 2. The van der Waals surface area contributed by atoms with Crippen molar-refractivity contribution >= 4 is 88.3 Å². The summed E-state index contributed by atoms with van der Waals surface area (Å²) in [6.45, 7) is 22.1. The number of ketones is 4. The molecule has 10 rings (SSSR count). The predicted molar refractivity (Wildman–Crippen MR) is 395 cm³/mol. The molecule has 4 unspecified atom stereocenters. The van der Waals surface area contributed by atoms with Gasteiger partial charge in [0.25, 0.3) is 0 Å². The van der Waals surface area contributed by atoms with Gasteiger partial charge in [-0.3, -0.25) is 19.2 Å². The SMILES string of the molecule is CCCCC(CC)Cn1c2ccc(C(=O)CC(C)CC(C)(C)C)cc2c2cc(C(=O)c3ccc(OCC(F)(F)C(F)(F)C(F)(F)C(F)(F)COc4ccc(C(=O)c5cc6c7cc(C(=O)CC(C)CC(C)(C)C)ccc7n(CC(CC)CCCC)c6c6ccccc56)cc4)cc3)c3ccccc3c21. The summed E-state index contributed by atoms with van der Waals surface area (Å²) in [5.41, 5.74) is 5.29. The molecule has 0 N–H and O–H groups in total. The maximum absolute atomic E-state index is 15.5. The van der Waals surface area contributed by atoms with Gasteiger partial charge < -0.3 is 18.6 Å². The Bertz CT molecular complexity index is 4410. The van der Waals surface area contributed by atoms with Gasteiger partial charge in [0.05, 0.1) is 11.0 Å². The van der Waals surface area contributed by atoms with Gasteiger partial charge in [-0.25, -0.2) is 0 Å². The average Bonchev–Trinajstić information content (AvgIpc) is 1.58. The summed E-state index contributed by atoms with van der Waals surface area (Å²) in [5, 5.41) is 5.76. The molecule has 542 valence electrons. The minimum absolute atomic E-state index is 0.00144. The van der Waals surface area contributed by atoms with Gasteiger partial charge in [-0.15, -0.1) is 0 Å². The highest BCUT2D eigenvalue weighted by atomic mass is 19.4. The van der Waals surface area contributed by atoms with Crippen LogP contribution in [0.4, 0.5) is 35.1 Å². The Labute approximate surface area is 593 Å². The number of hydrogen-bond acceptors (Lipinski definition) is 6. The largest absolute Gasteiger partial charge is 0.487 e. The van der Waals surface area contributed by atoms with Crippen molar-refractivity contribution in [2.24, 2.45) is 34.5 Å². The molecule has 10 aromatic rings. The van der Waals surface area contributed by atoms with E-state index in [0.717, 1.165) is 143 Å². The topological polar surface area (TPSA) is 96.6 Å². The number of aromatic nitrogens is 2. The molecule has 0 spiro atoms. The molecule has 0 radical (unpaired) electrons. The number of Topliss-reactive ketones (excluding diaryl/α,β-unsaturated/α-hetero) is 2. The zero-order chi connectivity index (χ0) is 74.0. The Balaban J connectivity index is 0.854. The minimum atomic E-state index is -6.71. The third-order valence-corrected chi connectivity index (χ3v) is 20.2. The van der Waals surface area contributed by atoms with Gasteiger partial charge in [0, 0.05) is 103 Å². The van der Waals surface area contributed by atoms with E-state index in [-0.39, 0.29) is 56.5 Å². The van der Waals surface area contributed by atoms with Gasteiger partial charge >= 0.3 is 23.7 Å². The monoisotopic (exact) mass is 1400 g/mol. The van der Waals surface area contributed by atoms with Crippen molar-refractivity contribution in [2.75, 3.05) is 13.2 Å². The summed E-state index contributed by atoms with van der Waals surface area (Å²) in [6.07, 6.45) is 10.4. The van der Waals surface area contributed by atoms with Gasteiger partial charge in [0.1, 0.15) is 11.5 Å². The molecular formula is C86H96F8N2O6. The highest BCUT2D eigenvalue weighted by Gasteiger charge is 2.81. The van der Waals surface area contributed by atoms with Gasteiger partial charge in [-0.05, 0) is 168 Å². The third kappa shape index (κ3) is 16.0. The number of fused-ring (bicyclic) bond motifs is 10. The molecule has 0 aliphatic rings. The Hall–Kier alpha value is -8.40. The lowest BCUT2D eigenvalue weighted by atomic mass is 9.83. The first kappa shape index (κ1) is 76.2. The van der Waals surface area contributed by atoms with E-state index in [9.17, 15) is 19.2 Å². The average molecular weight is 1410 g/mol. The van der Waals surface area contributed by atoms with Crippen molar-refractivity contribution in [3.63, 3.8) is 0 Å². The smallest absolute Gasteiger partial charge is 0.381 e. The van der Waals surface area contributed by atoms with E-state index in [1.54, 1.807) is 24.3 Å². The lowest BCUT2D eigenvalue weighted by molar-refractivity contribution is -0.371. The molecule has 8 nitrogen and oxygen atoms in total. The number of benzene rings is 8. The number of hydrogen-bond donors (Lipinski definition) is 0. The van der Waals surface area contributed by atoms with E-state index in [0.29, 0.717) is 59.7 Å². The molecule has 2 heterocycles. The number of nitrogens with zero attached hydrogens (tertiary/aromatic N) is 2. The Morgan fingerprint density at radius 1 is 0.412 bits per heavy atom. The fourth-order valence-corrected chi connectivity index (χ4v) is 15.2. The van der Waals surface area contributed by atoms with Crippen LogP contribution in [0.3, 0.4) is 0 Å². The Kier molecular flexibility index (Phi) is 22.8. The van der Waals surface area contributed by atoms with Crippen LogP contribution in [0.2, 0.25) is 0 Å². The number of alkyl halides is 8. The molecule has 102 heavy (non-hydrogen) atoms. The molecule has 0 saturated heterocycles. The number of carbonyl (C=O) groups excluding carboxylic acids is 4. The summed E-state index contributed by atoms with van der Waals surface area (Å²) in [5.74, 6) is -26.4. The normalized spacial score (nSPS) is 14.1. The number of halogens is 8. The van der Waals surface area contributed by atoms with E-state index in [1.165, 1.54) is 24.3 Å². The maximum Gasteiger partial charge on any atom is 0.381 e. The van der Waals surface area contributed by atoms with Gasteiger partial charge in [0.2, 0.25) is 0 Å². The molecule has 4 atom stereocenters. The molecule has 16 heteroatoms. The molecule has 0 aliphatic heterocycles. The van der Waals surface area contributed by atoms with Crippen molar-refractivity contribution in [3.05, 3.63) is 179 Å². The molecule has 8 aromatic carbocycles. The van der Waals surface area contributed by atoms with E-state index >= 15 is 35.1 Å². The van der Waals surface area contributed by atoms with E-state index in [4.69, 9.17) is 9.47 Å². The quantitative estimate of drug-likeness (QED) is 0.0300. The second-order valence-corrected chi connectivity index (χ2v) is 31.1. The zero-order valence-electron chi connectivity index (χ0n) is 60.8. The fourth-order valence-electron chi connectivity index (χ4n) is 15.2. The van der Waals surface area contributed by atoms with Crippen LogP contribution in [-0.4, -0.2) is 69.2 Å². The lowest BCUT2D eigenvalue weighted by Crippen LogP contribution is -2.65. The van der Waals surface area contributed by atoms with Crippen LogP contribution in [0.5, 0.6) is 11.5 Å². The fraction of sp³-hybridized carbons (Fsp3) is 0.442. The summed E-state index contributed by atoms with van der Waals surface area (Å²) in [4.78, 5) is 57.3. The van der Waals surface area contributed by atoms with Crippen molar-refractivity contribution in [3.8, 4) is 11.5 Å². The van der Waals surface area contributed by atoms with Crippen LogP contribution in [0.15, 0.2) is 146 Å². The number of rotatable bonds is 33. The van der Waals surface area contributed by atoms with Gasteiger partial charge in [0.15, 0.2) is 36.3 Å². The lowest BCUT2D eigenvalue weighted by Gasteiger charge is -2.36. The molecule has 0 amide bonds. The van der Waals surface area contributed by atoms with Crippen molar-refractivity contribution < 1.29 is 63.8 Å². The van der Waals surface area contributed by atoms with E-state index < -0.39 is 60.0 Å². The predicted octanol–water partition coefficient (Wildman–Crippen LogP) is 24.4. The first-order valence-corrected chi connectivity index (χ1v) is 36.2. The van der Waals surface area contributed by atoms with Gasteiger partial charge in [-0.1, -0.05) is 170 Å². The highest BCUT2D eigenvalue weighted by molar-refractivity contribution is 6.28. The first-order chi connectivity index (χ1) is 48.1. The van der Waals surface area contributed by atoms with E-state index in [1.807, 2.05) is 72.8 Å². The molecule has 0 aliphatic carbocycles. The van der Waals surface area contributed by atoms with Crippen LogP contribution in [-0.2, 0) is 13.1 Å². The highest BCUT2D eigenvalue weighted by Crippen LogP contribution is 2.53. The standard InChI is InChI=1S/C86H96F8N2O6/c1-13-17-23-55(15-3)49-95-73-39-33-59(75(97)41-53(5)47-81(7,8)9)43-67(73)69-45-71(63-25-19-21-27-65(63)77(69)95)79(99)57-29-35-61(36-30-57)101-51-83(87,88)85(91,92)86(93,94)84(89,90)52-102-62-37-31-58(32-38-62)80(100)72-46-70-68-44-60(76(98)42-54(6)48-82(10,11)12)34-40-74(68)96(50-56(16-4)24-18-14-2)78(70)66-28-22-20-26-64(66)72/h19-22,25-40,43-46,53-56H,13-18,23-24,41-42,47-52H2,1-12H3. The van der Waals surface area contributed by atoms with Crippen LogP contribution < -0.4 is 9.47 Å². The van der Waals surface area contributed by atoms with Crippen molar-refractivity contribution in [1.82, 2.24) is 9.13 Å². The Morgan fingerprint density at radius 2 is 0.745 bits per heavy atom. The maximum atomic E-state index is 15.5. The third-order valence-electron chi connectivity index (χ3n) is 20.2. The molecular weight excluding hydrogens is 1310 g/mol. The van der Waals surface area contributed by atoms with Crippen LogP contribution >= 0.6 is 0 Å². The number of ether oxygens (including phenoxy) is 2. The first-order valence-electron chi connectivity index (χ1n) is 36.2. The molecule has 0 saturated carbocycles. The summed E-state index contributed by atoms with van der Waals surface area (Å²) >= 11 is 0. The Morgan fingerprint density at radius 3 is 1.07 bits per heavy atom. The minimum Gasteiger partial charge on any atom is -0.487 e. The van der Waals surface area contributed by atoms with Crippen molar-refractivity contribution in [1.29, 1.82) is 0 Å². The van der Waals surface area contributed by atoms with Crippen LogP contribution in [0.25, 0.3) is 65.2 Å². The number of carbonyl (C=O) groups is 4. The van der Waals surface area contributed by atoms with Crippen LogP contribution in [0.1, 0.15) is 213 Å². The van der Waals surface area contributed by atoms with Crippen LogP contribution in [0, 0.1) is 34.5 Å². The summed E-state index contributed by atoms with van der Waals surface area (Å²) in [6, 6.07) is 38.7. The molecule has 0 bridgehead atoms. The van der Waals surface area contributed by atoms with Gasteiger partial charge in [-0.2, -0.15) is 35.1 Å². The molecule has 0 fully saturated rings. The second-order valence-electron chi connectivity index (χ2n) is 31.1. The van der Waals surface area contributed by atoms with Crippen molar-refractivity contribution in [2.45, 2.75) is 197 Å². The summed E-state index contributed by atoms with van der Waals surface area (Å²) in [7, 11) is 0. The molecule has 2 aromatic heterocycles. The van der Waals surface area contributed by atoms with E-state index in [2.05, 4.69) is 92.2 Å². The zero-order valence-corrected chi connectivity index (χ0v) is 60.8. The second kappa shape index (κ2) is 30.5.